The van der Waals surface area contributed by atoms with Gasteiger partial charge in [-0.1, -0.05) is 26.7 Å². The van der Waals surface area contributed by atoms with Crippen LogP contribution in [0.25, 0.3) is 6.08 Å². The summed E-state index contributed by atoms with van der Waals surface area (Å²) in [6.45, 7) is 4.11. The van der Waals surface area contributed by atoms with E-state index in [4.69, 9.17) is 4.74 Å². The molecular weight excluding hydrogens is 328 g/mol. The number of ketones is 1. The topological polar surface area (TPSA) is 66.8 Å². The van der Waals surface area contributed by atoms with Crippen LogP contribution in [0.15, 0.2) is 36.4 Å². The highest BCUT2D eigenvalue weighted by atomic mass is 16.5. The molecule has 26 heavy (non-hydrogen) atoms. The molecule has 2 aromatic rings. The van der Waals surface area contributed by atoms with Gasteiger partial charge in [0.15, 0.2) is 5.78 Å². The molecular formula is C22H26O4. The number of benzene rings is 2. The van der Waals surface area contributed by atoms with Crippen LogP contribution < -0.4 is 4.74 Å². The fourth-order valence-electron chi connectivity index (χ4n) is 2.99. The summed E-state index contributed by atoms with van der Waals surface area (Å²) in [5.74, 6) is 0.875. The fourth-order valence-corrected chi connectivity index (χ4v) is 2.99. The van der Waals surface area contributed by atoms with Crippen LogP contribution in [-0.4, -0.2) is 23.1 Å². The Labute approximate surface area is 154 Å². The number of carbonyl (C=O) groups excluding carboxylic acids is 1. The van der Waals surface area contributed by atoms with Crippen LogP contribution in [0, 0.1) is 0 Å². The summed E-state index contributed by atoms with van der Waals surface area (Å²) in [5, 5.41) is 19.9. The van der Waals surface area contributed by atoms with Crippen molar-refractivity contribution in [3.63, 3.8) is 0 Å². The first-order valence-electron chi connectivity index (χ1n) is 8.94. The number of hydrogen-bond acceptors (Lipinski definition) is 4. The zero-order chi connectivity index (χ0) is 19.1. The maximum absolute atomic E-state index is 12.4. The van der Waals surface area contributed by atoms with E-state index in [-0.39, 0.29) is 11.5 Å². The van der Waals surface area contributed by atoms with Crippen LogP contribution in [0.4, 0.5) is 0 Å². The van der Waals surface area contributed by atoms with Crippen molar-refractivity contribution in [1.82, 2.24) is 0 Å². The monoisotopic (exact) mass is 354 g/mol. The van der Waals surface area contributed by atoms with E-state index in [0.717, 1.165) is 36.0 Å². The van der Waals surface area contributed by atoms with Gasteiger partial charge in [-0.2, -0.15) is 0 Å². The van der Waals surface area contributed by atoms with E-state index >= 15 is 0 Å². The van der Waals surface area contributed by atoms with E-state index in [1.54, 1.807) is 25.3 Å². The van der Waals surface area contributed by atoms with Gasteiger partial charge in [0.1, 0.15) is 17.2 Å². The van der Waals surface area contributed by atoms with Crippen LogP contribution in [0.3, 0.4) is 0 Å². The molecule has 0 aromatic heterocycles. The van der Waals surface area contributed by atoms with Crippen LogP contribution in [0.5, 0.6) is 17.2 Å². The minimum Gasteiger partial charge on any atom is -0.508 e. The molecule has 0 radical (unpaired) electrons. The Morgan fingerprint density at radius 1 is 1.08 bits per heavy atom. The third-order valence-corrected chi connectivity index (χ3v) is 4.25. The molecule has 0 saturated carbocycles. The Morgan fingerprint density at radius 2 is 1.73 bits per heavy atom. The first kappa shape index (κ1) is 19.6. The minimum absolute atomic E-state index is 0.124. The van der Waals surface area contributed by atoms with Crippen LogP contribution in [0.1, 0.15) is 53.7 Å². The molecule has 0 bridgehead atoms. The number of phenols is 2. The van der Waals surface area contributed by atoms with E-state index in [0.29, 0.717) is 23.5 Å². The average molecular weight is 354 g/mol. The number of rotatable bonds is 8. The molecule has 0 amide bonds. The van der Waals surface area contributed by atoms with Crippen molar-refractivity contribution in [2.75, 3.05) is 7.11 Å². The summed E-state index contributed by atoms with van der Waals surface area (Å²) in [7, 11) is 1.58. The van der Waals surface area contributed by atoms with Gasteiger partial charge < -0.3 is 14.9 Å². The molecule has 138 valence electrons. The third-order valence-electron chi connectivity index (χ3n) is 4.25. The van der Waals surface area contributed by atoms with Crippen molar-refractivity contribution in [2.24, 2.45) is 0 Å². The van der Waals surface area contributed by atoms with E-state index < -0.39 is 0 Å². The van der Waals surface area contributed by atoms with Gasteiger partial charge in [0.25, 0.3) is 0 Å². The van der Waals surface area contributed by atoms with Crippen molar-refractivity contribution in [1.29, 1.82) is 0 Å². The highest BCUT2D eigenvalue weighted by Crippen LogP contribution is 2.37. The van der Waals surface area contributed by atoms with Gasteiger partial charge in [0, 0.05) is 16.7 Å². The van der Waals surface area contributed by atoms with Gasteiger partial charge in [-0.15, -0.1) is 0 Å². The zero-order valence-electron chi connectivity index (χ0n) is 15.6. The van der Waals surface area contributed by atoms with Crippen molar-refractivity contribution < 1.29 is 19.7 Å². The standard InChI is InChI=1S/C22H26O4/c1-4-6-16-14-17(22(26-3)19(7-5-2)21(16)25)10-13-20(24)15-8-11-18(23)12-9-15/h8-14,23,25H,4-7H2,1-3H3/b13-10+. The Hall–Kier alpha value is -2.75. The molecule has 0 atom stereocenters. The predicted octanol–water partition coefficient (Wildman–Crippen LogP) is 4.91. The normalized spacial score (nSPS) is 11.0. The van der Waals surface area contributed by atoms with E-state index in [9.17, 15) is 15.0 Å². The van der Waals surface area contributed by atoms with E-state index in [1.165, 1.54) is 18.2 Å². The number of aromatic hydroxyl groups is 2. The van der Waals surface area contributed by atoms with Crippen molar-refractivity contribution in [3.05, 3.63) is 58.7 Å². The van der Waals surface area contributed by atoms with Crippen molar-refractivity contribution in [3.8, 4) is 17.2 Å². The second-order valence-electron chi connectivity index (χ2n) is 6.23. The molecule has 0 heterocycles. The van der Waals surface area contributed by atoms with Gasteiger partial charge >= 0.3 is 0 Å². The molecule has 0 unspecified atom stereocenters. The van der Waals surface area contributed by atoms with Crippen molar-refractivity contribution in [2.45, 2.75) is 39.5 Å². The second-order valence-corrected chi connectivity index (χ2v) is 6.23. The van der Waals surface area contributed by atoms with Crippen molar-refractivity contribution >= 4 is 11.9 Å². The van der Waals surface area contributed by atoms with Gasteiger partial charge in [-0.05, 0) is 60.9 Å². The quantitative estimate of drug-likeness (QED) is 0.522. The SMILES string of the molecule is CCCc1cc(/C=C/C(=O)c2ccc(O)cc2)c(OC)c(CCC)c1O. The average Bonchev–Trinajstić information content (AvgIpc) is 2.64. The highest BCUT2D eigenvalue weighted by molar-refractivity contribution is 6.07. The number of ether oxygens (including phenoxy) is 1. The van der Waals surface area contributed by atoms with Crippen LogP contribution in [-0.2, 0) is 12.8 Å². The molecule has 0 aliphatic rings. The molecule has 0 fully saturated rings. The maximum atomic E-state index is 12.4. The molecule has 2 N–H and O–H groups in total. The molecule has 0 spiro atoms. The summed E-state index contributed by atoms with van der Waals surface area (Å²) in [4.78, 5) is 12.4. The Balaban J connectivity index is 2.43. The largest absolute Gasteiger partial charge is 0.508 e. The summed E-state index contributed by atoms with van der Waals surface area (Å²) in [6, 6.07) is 8.03. The Morgan fingerprint density at radius 3 is 2.31 bits per heavy atom. The van der Waals surface area contributed by atoms with Gasteiger partial charge in [-0.25, -0.2) is 0 Å². The number of carbonyl (C=O) groups is 1. The first-order chi connectivity index (χ1) is 12.5. The van der Waals surface area contributed by atoms with Gasteiger partial charge in [0.05, 0.1) is 7.11 Å². The molecule has 0 saturated heterocycles. The summed E-state index contributed by atoms with van der Waals surface area (Å²) in [5.41, 5.74) is 2.94. The fraction of sp³-hybridized carbons (Fsp3) is 0.318. The minimum atomic E-state index is -0.158. The number of hydrogen-bond donors (Lipinski definition) is 2. The highest BCUT2D eigenvalue weighted by Gasteiger charge is 2.16. The number of phenolic OH excluding ortho intramolecular Hbond substituents is 2. The molecule has 4 heteroatoms. The lowest BCUT2D eigenvalue weighted by molar-refractivity contribution is 0.104. The Bertz CT molecular complexity index is 789. The lowest BCUT2D eigenvalue weighted by Gasteiger charge is -2.16. The molecule has 4 nitrogen and oxygen atoms in total. The maximum Gasteiger partial charge on any atom is 0.185 e. The molecule has 2 rings (SSSR count). The first-order valence-corrected chi connectivity index (χ1v) is 8.94. The summed E-state index contributed by atoms with van der Waals surface area (Å²) in [6.07, 6.45) is 6.49. The Kier molecular flexibility index (Phi) is 6.84. The molecule has 0 aliphatic heterocycles. The lowest BCUT2D eigenvalue weighted by atomic mass is 9.96. The third kappa shape index (κ3) is 4.45. The van der Waals surface area contributed by atoms with Gasteiger partial charge in [-0.3, -0.25) is 4.79 Å². The molecule has 0 aliphatic carbocycles. The number of aryl methyl sites for hydroxylation is 1. The smallest absolute Gasteiger partial charge is 0.185 e. The van der Waals surface area contributed by atoms with E-state index in [1.807, 2.05) is 6.07 Å². The van der Waals surface area contributed by atoms with Crippen LogP contribution >= 0.6 is 0 Å². The predicted molar refractivity (Wildman–Crippen MR) is 104 cm³/mol. The number of methoxy groups -OCH3 is 1. The van der Waals surface area contributed by atoms with E-state index in [2.05, 4.69) is 13.8 Å². The molecule has 2 aromatic carbocycles. The summed E-state index contributed by atoms with van der Waals surface area (Å²) < 4.78 is 5.54. The number of allylic oxidation sites excluding steroid dienone is 1. The van der Waals surface area contributed by atoms with Crippen LogP contribution in [0.2, 0.25) is 0 Å². The summed E-state index contributed by atoms with van der Waals surface area (Å²) >= 11 is 0. The zero-order valence-corrected chi connectivity index (χ0v) is 15.6. The lowest BCUT2D eigenvalue weighted by Crippen LogP contribution is -2.00. The second kappa shape index (κ2) is 9.09. The van der Waals surface area contributed by atoms with Gasteiger partial charge in [0.2, 0.25) is 0 Å².